The number of nitrogens with one attached hydrogen (secondary N) is 1. The number of nitrogens with zero attached hydrogens (tertiary/aromatic N) is 3. The van der Waals surface area contributed by atoms with Gasteiger partial charge in [-0.1, -0.05) is 0 Å². The minimum absolute atomic E-state index is 0.176. The molecule has 1 aromatic heterocycles. The Morgan fingerprint density at radius 1 is 1.36 bits per heavy atom. The maximum atomic E-state index is 12.4. The number of aryl methyl sites for hydroxylation is 1. The van der Waals surface area contributed by atoms with Crippen molar-refractivity contribution in [1.82, 2.24) is 20.1 Å². The summed E-state index contributed by atoms with van der Waals surface area (Å²) in [6, 6.07) is 0. The maximum Gasteiger partial charge on any atom is 0.222 e. The van der Waals surface area contributed by atoms with Crippen molar-refractivity contribution in [3.05, 3.63) is 11.6 Å². The van der Waals surface area contributed by atoms with E-state index in [2.05, 4.69) is 15.2 Å². The number of aromatic amines is 1. The van der Waals surface area contributed by atoms with Gasteiger partial charge in [-0.3, -0.25) is 9.89 Å². The molecule has 0 saturated carbocycles. The van der Waals surface area contributed by atoms with Crippen molar-refractivity contribution >= 4 is 5.91 Å². The lowest BCUT2D eigenvalue weighted by Crippen LogP contribution is -2.42. The van der Waals surface area contributed by atoms with E-state index in [9.17, 15) is 4.79 Å². The lowest BCUT2D eigenvalue weighted by atomic mass is 10.0. The first-order chi connectivity index (χ1) is 10.7. The Morgan fingerprint density at radius 2 is 2.27 bits per heavy atom. The van der Waals surface area contributed by atoms with Crippen LogP contribution in [0.1, 0.15) is 49.9 Å². The minimum Gasteiger partial charge on any atom is -0.378 e. The molecular weight excluding hydrogens is 284 g/mol. The molecule has 2 atom stereocenters. The van der Waals surface area contributed by atoms with Gasteiger partial charge in [0, 0.05) is 19.6 Å². The number of morpholine rings is 1. The first-order valence-electron chi connectivity index (χ1n) is 8.12. The Bertz CT molecular complexity index is 499. The molecule has 1 aromatic rings. The van der Waals surface area contributed by atoms with Gasteiger partial charge >= 0.3 is 0 Å². The molecule has 2 aliphatic rings. The number of carbonyl (C=O) groups excluding carboxylic acids is 1. The summed E-state index contributed by atoms with van der Waals surface area (Å²) in [5.41, 5.74) is 0. The monoisotopic (exact) mass is 308 g/mol. The van der Waals surface area contributed by atoms with Crippen LogP contribution in [0.4, 0.5) is 0 Å². The van der Waals surface area contributed by atoms with Crippen LogP contribution in [0.2, 0.25) is 0 Å². The van der Waals surface area contributed by atoms with Crippen molar-refractivity contribution in [2.45, 2.75) is 51.2 Å². The first kappa shape index (κ1) is 15.4. The first-order valence-corrected chi connectivity index (χ1v) is 8.12. The van der Waals surface area contributed by atoms with Gasteiger partial charge in [0.15, 0.2) is 5.82 Å². The van der Waals surface area contributed by atoms with Crippen molar-refractivity contribution in [1.29, 1.82) is 0 Å². The Morgan fingerprint density at radius 3 is 3.00 bits per heavy atom. The number of amides is 1. The molecule has 0 radical (unpaired) electrons. The minimum atomic E-state index is -0.228. The largest absolute Gasteiger partial charge is 0.378 e. The average Bonchev–Trinajstić information content (AvgIpc) is 3.00. The van der Waals surface area contributed by atoms with Crippen molar-refractivity contribution in [3.8, 4) is 0 Å². The number of ether oxygens (including phenoxy) is 2. The molecule has 7 nitrogen and oxygen atoms in total. The van der Waals surface area contributed by atoms with Crippen LogP contribution in [0.25, 0.3) is 0 Å². The summed E-state index contributed by atoms with van der Waals surface area (Å²) in [6.07, 6.45) is 4.83. The highest BCUT2D eigenvalue weighted by molar-refractivity contribution is 5.76. The quantitative estimate of drug-likeness (QED) is 0.908. The number of carbonyl (C=O) groups is 1. The van der Waals surface area contributed by atoms with Crippen LogP contribution in [0.15, 0.2) is 0 Å². The summed E-state index contributed by atoms with van der Waals surface area (Å²) < 4.78 is 11.4. The molecule has 1 amide bonds. The van der Waals surface area contributed by atoms with Gasteiger partial charge in [0.05, 0.1) is 19.3 Å². The zero-order valence-corrected chi connectivity index (χ0v) is 13.1. The van der Waals surface area contributed by atoms with Crippen LogP contribution >= 0.6 is 0 Å². The third-order valence-corrected chi connectivity index (χ3v) is 4.28. The van der Waals surface area contributed by atoms with Gasteiger partial charge in [0.1, 0.15) is 11.9 Å². The highest BCUT2D eigenvalue weighted by Crippen LogP contribution is 2.21. The van der Waals surface area contributed by atoms with Crippen LogP contribution in [-0.2, 0) is 14.3 Å². The number of hydrogen-bond acceptors (Lipinski definition) is 5. The predicted octanol–water partition coefficient (Wildman–Crippen LogP) is 1.36. The fourth-order valence-electron chi connectivity index (χ4n) is 3.01. The normalized spacial score (nSPS) is 26.1. The molecule has 2 aliphatic heterocycles. The van der Waals surface area contributed by atoms with E-state index < -0.39 is 0 Å². The SMILES string of the molecule is Cc1nc([C@@H]2CN(C(=O)CC[C@H]3CCCCO3)CCO2)n[nH]1. The molecule has 122 valence electrons. The third kappa shape index (κ3) is 3.84. The molecule has 1 N–H and O–H groups in total. The third-order valence-electron chi connectivity index (χ3n) is 4.28. The Hall–Kier alpha value is -1.47. The topological polar surface area (TPSA) is 80.3 Å². The summed E-state index contributed by atoms with van der Waals surface area (Å²) in [6.45, 7) is 4.39. The molecular formula is C15H24N4O3. The number of rotatable bonds is 4. The van der Waals surface area contributed by atoms with Crippen molar-refractivity contribution in [2.75, 3.05) is 26.3 Å². The molecule has 0 spiro atoms. The molecule has 2 fully saturated rings. The summed E-state index contributed by atoms with van der Waals surface area (Å²) in [4.78, 5) is 18.6. The van der Waals surface area contributed by atoms with E-state index in [-0.39, 0.29) is 18.1 Å². The Balaban J connectivity index is 1.49. The zero-order valence-electron chi connectivity index (χ0n) is 13.1. The summed E-state index contributed by atoms with van der Waals surface area (Å²) in [5.74, 6) is 1.57. The lowest BCUT2D eigenvalue weighted by molar-refractivity contribution is -0.140. The smallest absolute Gasteiger partial charge is 0.222 e. The zero-order chi connectivity index (χ0) is 15.4. The van der Waals surface area contributed by atoms with Crippen molar-refractivity contribution < 1.29 is 14.3 Å². The summed E-state index contributed by atoms with van der Waals surface area (Å²) in [5, 5.41) is 6.95. The highest BCUT2D eigenvalue weighted by atomic mass is 16.5. The molecule has 3 heterocycles. The van der Waals surface area contributed by atoms with Crippen LogP contribution in [-0.4, -0.2) is 58.4 Å². The Kier molecular flexibility index (Phi) is 5.04. The van der Waals surface area contributed by atoms with E-state index in [0.717, 1.165) is 31.7 Å². The molecule has 2 saturated heterocycles. The molecule has 22 heavy (non-hydrogen) atoms. The predicted molar refractivity (Wildman–Crippen MR) is 79.2 cm³/mol. The molecule has 0 aliphatic carbocycles. The summed E-state index contributed by atoms with van der Waals surface area (Å²) >= 11 is 0. The summed E-state index contributed by atoms with van der Waals surface area (Å²) in [7, 11) is 0. The average molecular weight is 308 g/mol. The molecule has 3 rings (SSSR count). The van der Waals surface area contributed by atoms with E-state index in [1.54, 1.807) is 0 Å². The second-order valence-electron chi connectivity index (χ2n) is 6.01. The fourth-order valence-corrected chi connectivity index (χ4v) is 3.01. The van der Waals surface area contributed by atoms with E-state index >= 15 is 0 Å². The maximum absolute atomic E-state index is 12.4. The van der Waals surface area contributed by atoms with Gasteiger partial charge in [-0.2, -0.15) is 5.10 Å². The van der Waals surface area contributed by atoms with Crippen LogP contribution < -0.4 is 0 Å². The number of H-pyrrole nitrogens is 1. The van der Waals surface area contributed by atoms with Gasteiger partial charge in [-0.25, -0.2) is 4.98 Å². The second-order valence-corrected chi connectivity index (χ2v) is 6.01. The molecule has 0 bridgehead atoms. The van der Waals surface area contributed by atoms with Gasteiger partial charge in [0.25, 0.3) is 0 Å². The lowest BCUT2D eigenvalue weighted by Gasteiger charge is -2.32. The van der Waals surface area contributed by atoms with Crippen LogP contribution in [0.3, 0.4) is 0 Å². The molecule has 0 aromatic carbocycles. The molecule has 7 heteroatoms. The number of hydrogen-bond donors (Lipinski definition) is 1. The highest BCUT2D eigenvalue weighted by Gasteiger charge is 2.28. The van der Waals surface area contributed by atoms with Crippen molar-refractivity contribution in [2.24, 2.45) is 0 Å². The van der Waals surface area contributed by atoms with Crippen molar-refractivity contribution in [3.63, 3.8) is 0 Å². The fraction of sp³-hybridized carbons (Fsp3) is 0.800. The molecule has 0 unspecified atom stereocenters. The van der Waals surface area contributed by atoms with E-state index in [4.69, 9.17) is 9.47 Å². The van der Waals surface area contributed by atoms with Gasteiger partial charge in [-0.05, 0) is 32.6 Å². The number of aromatic nitrogens is 3. The van der Waals surface area contributed by atoms with E-state index in [1.165, 1.54) is 6.42 Å². The van der Waals surface area contributed by atoms with Gasteiger partial charge in [-0.15, -0.1) is 0 Å². The van der Waals surface area contributed by atoms with Crippen LogP contribution in [0, 0.1) is 6.92 Å². The van der Waals surface area contributed by atoms with E-state index in [0.29, 0.717) is 31.9 Å². The Labute approximate surface area is 130 Å². The van der Waals surface area contributed by atoms with Gasteiger partial charge < -0.3 is 14.4 Å². The van der Waals surface area contributed by atoms with Crippen LogP contribution in [0.5, 0.6) is 0 Å². The standard InChI is InChI=1S/C15H24N4O3/c1-11-16-15(18-17-11)13-10-19(7-9-22-13)14(20)6-5-12-4-2-3-8-21-12/h12-13H,2-10H2,1H3,(H,16,17,18)/t12-,13+/m1/s1. The second kappa shape index (κ2) is 7.19. The van der Waals surface area contributed by atoms with Gasteiger partial charge in [0.2, 0.25) is 5.91 Å². The van der Waals surface area contributed by atoms with E-state index in [1.807, 2.05) is 11.8 Å².